The highest BCUT2D eigenvalue weighted by Crippen LogP contribution is 2.12. The second kappa shape index (κ2) is 13.1. The molecule has 148 valence electrons. The predicted molar refractivity (Wildman–Crippen MR) is 95.5 cm³/mol. The zero-order chi connectivity index (χ0) is 20.1. The number of hydrogen-bond acceptors (Lipinski definition) is 9. The third kappa shape index (κ3) is 12.2. The summed E-state index contributed by atoms with van der Waals surface area (Å²) >= 11 is 1.26. The van der Waals surface area contributed by atoms with Crippen LogP contribution < -0.4 is 5.32 Å². The zero-order valence-electron chi connectivity index (χ0n) is 14.9. The van der Waals surface area contributed by atoms with Crippen LogP contribution in [0.2, 0.25) is 0 Å². The quantitative estimate of drug-likeness (QED) is 0.147. The van der Waals surface area contributed by atoms with E-state index in [0.29, 0.717) is 5.75 Å². The number of rotatable bonds is 12. The standard InChI is InChI=1S/C16H25NO8S/c1-10(2)14(20)23-6-5-17-16(22)24-7-13(19)9-26-8-11(3)15(21)25-12(4)18/h11,13,18-19H,1,4-9H2,2-3H3,(H,17,22). The molecule has 1 amide bonds. The number of nitrogens with one attached hydrogen (secondary N) is 1. The minimum Gasteiger partial charge on any atom is -0.481 e. The molecular formula is C16H25NO8S. The summed E-state index contributed by atoms with van der Waals surface area (Å²) < 4.78 is 14.0. The highest BCUT2D eigenvalue weighted by atomic mass is 32.2. The number of esters is 2. The number of aliphatic hydroxyl groups excluding tert-OH is 2. The number of ether oxygens (including phenoxy) is 3. The molecule has 0 aromatic rings. The highest BCUT2D eigenvalue weighted by molar-refractivity contribution is 7.99. The van der Waals surface area contributed by atoms with Crippen LogP contribution in [-0.2, 0) is 23.8 Å². The summed E-state index contributed by atoms with van der Waals surface area (Å²) in [5.74, 6) is -1.75. The first-order valence-electron chi connectivity index (χ1n) is 7.72. The summed E-state index contributed by atoms with van der Waals surface area (Å²) in [5, 5.41) is 20.9. The van der Waals surface area contributed by atoms with Gasteiger partial charge in [0.05, 0.1) is 18.6 Å². The van der Waals surface area contributed by atoms with Crippen molar-refractivity contribution in [2.45, 2.75) is 20.0 Å². The number of hydrogen-bond donors (Lipinski definition) is 3. The fourth-order valence-electron chi connectivity index (χ4n) is 1.36. The van der Waals surface area contributed by atoms with E-state index in [1.54, 1.807) is 6.92 Å². The summed E-state index contributed by atoms with van der Waals surface area (Å²) in [6.45, 7) is 9.41. The molecule has 0 spiro atoms. The van der Waals surface area contributed by atoms with Crippen molar-refractivity contribution in [3.8, 4) is 0 Å². The third-order valence-electron chi connectivity index (χ3n) is 2.66. The lowest BCUT2D eigenvalue weighted by Gasteiger charge is -2.13. The smallest absolute Gasteiger partial charge is 0.407 e. The summed E-state index contributed by atoms with van der Waals surface area (Å²) in [4.78, 5) is 33.9. The maximum atomic E-state index is 11.4. The van der Waals surface area contributed by atoms with Crippen LogP contribution in [0, 0.1) is 5.92 Å². The van der Waals surface area contributed by atoms with E-state index in [4.69, 9.17) is 14.6 Å². The first kappa shape index (κ1) is 23.8. The van der Waals surface area contributed by atoms with Gasteiger partial charge in [-0.2, -0.15) is 11.8 Å². The van der Waals surface area contributed by atoms with Crippen molar-refractivity contribution < 1.29 is 38.8 Å². The van der Waals surface area contributed by atoms with E-state index in [0.717, 1.165) is 0 Å². The largest absolute Gasteiger partial charge is 0.481 e. The van der Waals surface area contributed by atoms with Crippen molar-refractivity contribution in [1.29, 1.82) is 0 Å². The first-order chi connectivity index (χ1) is 12.1. The molecule has 0 fully saturated rings. The Morgan fingerprint density at radius 3 is 2.42 bits per heavy atom. The van der Waals surface area contributed by atoms with E-state index in [1.165, 1.54) is 18.7 Å². The Morgan fingerprint density at radius 2 is 1.85 bits per heavy atom. The molecule has 0 saturated heterocycles. The Hall–Kier alpha value is -2.20. The molecule has 2 atom stereocenters. The van der Waals surface area contributed by atoms with Crippen LogP contribution in [0.25, 0.3) is 0 Å². The molecule has 10 heteroatoms. The van der Waals surface area contributed by atoms with Crippen LogP contribution in [0.3, 0.4) is 0 Å². The van der Waals surface area contributed by atoms with Crippen LogP contribution in [-0.4, -0.2) is 65.6 Å². The molecule has 2 unspecified atom stereocenters. The monoisotopic (exact) mass is 391 g/mol. The average molecular weight is 391 g/mol. The number of alkyl carbamates (subject to hydrolysis) is 1. The van der Waals surface area contributed by atoms with Gasteiger partial charge >= 0.3 is 18.0 Å². The summed E-state index contributed by atoms with van der Waals surface area (Å²) in [7, 11) is 0. The van der Waals surface area contributed by atoms with E-state index in [-0.39, 0.29) is 31.1 Å². The number of amides is 1. The van der Waals surface area contributed by atoms with E-state index in [9.17, 15) is 19.5 Å². The third-order valence-corrected chi connectivity index (χ3v) is 4.01. The molecule has 3 N–H and O–H groups in total. The van der Waals surface area contributed by atoms with E-state index in [1.807, 2.05) is 0 Å². The Balaban J connectivity index is 3.78. The topological polar surface area (TPSA) is 131 Å². The SMILES string of the molecule is C=C(O)OC(=O)C(C)CSCC(O)COC(=O)NCCOC(=O)C(=C)C. The van der Waals surface area contributed by atoms with Gasteiger partial charge in [-0.3, -0.25) is 4.79 Å². The van der Waals surface area contributed by atoms with Gasteiger partial charge in [0, 0.05) is 17.1 Å². The fraction of sp³-hybridized carbons (Fsp3) is 0.562. The van der Waals surface area contributed by atoms with Gasteiger partial charge in [0.25, 0.3) is 5.95 Å². The van der Waals surface area contributed by atoms with Crippen molar-refractivity contribution in [2.75, 3.05) is 31.3 Å². The van der Waals surface area contributed by atoms with Crippen LogP contribution in [0.5, 0.6) is 0 Å². The normalized spacial score (nSPS) is 12.4. The lowest BCUT2D eigenvalue weighted by molar-refractivity contribution is -0.146. The molecule has 0 aliphatic heterocycles. The van der Waals surface area contributed by atoms with Gasteiger partial charge in [-0.1, -0.05) is 13.5 Å². The van der Waals surface area contributed by atoms with E-state index < -0.39 is 36.0 Å². The summed E-state index contributed by atoms with van der Waals surface area (Å²) in [6, 6.07) is 0. The molecule has 0 aliphatic rings. The van der Waals surface area contributed by atoms with Gasteiger partial charge in [-0.25, -0.2) is 9.59 Å². The van der Waals surface area contributed by atoms with Gasteiger partial charge in [-0.15, -0.1) is 0 Å². The minimum absolute atomic E-state index is 0.0204. The highest BCUT2D eigenvalue weighted by Gasteiger charge is 2.17. The number of carbonyl (C=O) groups is 3. The fourth-order valence-corrected chi connectivity index (χ4v) is 2.35. The van der Waals surface area contributed by atoms with Gasteiger partial charge in [0.2, 0.25) is 0 Å². The van der Waals surface area contributed by atoms with Crippen molar-refractivity contribution in [3.05, 3.63) is 24.7 Å². The molecule has 0 rings (SSSR count). The minimum atomic E-state index is -0.914. The Bertz CT molecular complexity index is 522. The number of thioether (sulfide) groups is 1. The molecule has 0 saturated carbocycles. The van der Waals surface area contributed by atoms with Crippen LogP contribution in [0.4, 0.5) is 4.79 Å². The lowest BCUT2D eigenvalue weighted by Crippen LogP contribution is -2.31. The molecular weight excluding hydrogens is 366 g/mol. The maximum Gasteiger partial charge on any atom is 0.407 e. The molecule has 0 heterocycles. The van der Waals surface area contributed by atoms with Crippen LogP contribution in [0.15, 0.2) is 24.7 Å². The first-order valence-corrected chi connectivity index (χ1v) is 8.87. The van der Waals surface area contributed by atoms with Gasteiger partial charge < -0.3 is 29.7 Å². The Labute approximate surface area is 156 Å². The van der Waals surface area contributed by atoms with Crippen molar-refractivity contribution in [1.82, 2.24) is 5.32 Å². The van der Waals surface area contributed by atoms with Gasteiger partial charge in [0.15, 0.2) is 0 Å². The molecule has 0 aliphatic carbocycles. The van der Waals surface area contributed by atoms with E-state index >= 15 is 0 Å². The van der Waals surface area contributed by atoms with Crippen LogP contribution >= 0.6 is 11.8 Å². The molecule has 0 bridgehead atoms. The second-order valence-corrected chi connectivity index (χ2v) is 6.42. The predicted octanol–water partition coefficient (Wildman–Crippen LogP) is 1.13. The Morgan fingerprint density at radius 1 is 1.19 bits per heavy atom. The maximum absolute atomic E-state index is 11.4. The zero-order valence-corrected chi connectivity index (χ0v) is 15.7. The van der Waals surface area contributed by atoms with Crippen molar-refractivity contribution in [3.63, 3.8) is 0 Å². The molecule has 26 heavy (non-hydrogen) atoms. The number of carbonyl (C=O) groups excluding carboxylic acids is 3. The average Bonchev–Trinajstić information content (AvgIpc) is 2.55. The lowest BCUT2D eigenvalue weighted by atomic mass is 10.2. The second-order valence-electron chi connectivity index (χ2n) is 5.35. The molecule has 9 nitrogen and oxygen atoms in total. The molecule has 0 aromatic carbocycles. The summed E-state index contributed by atoms with van der Waals surface area (Å²) in [5.41, 5.74) is 0.261. The van der Waals surface area contributed by atoms with E-state index in [2.05, 4.69) is 23.2 Å². The Kier molecular flexibility index (Phi) is 12.0. The molecule has 0 aromatic heterocycles. The number of aliphatic hydroxyl groups is 2. The molecule has 0 radical (unpaired) electrons. The van der Waals surface area contributed by atoms with Gasteiger partial charge in [-0.05, 0) is 13.5 Å². The van der Waals surface area contributed by atoms with Gasteiger partial charge in [0.1, 0.15) is 13.2 Å². The van der Waals surface area contributed by atoms with Crippen LogP contribution in [0.1, 0.15) is 13.8 Å². The van der Waals surface area contributed by atoms with Crippen molar-refractivity contribution >= 4 is 29.8 Å². The van der Waals surface area contributed by atoms with Crippen molar-refractivity contribution in [2.24, 2.45) is 5.92 Å². The summed E-state index contributed by atoms with van der Waals surface area (Å²) in [6.07, 6.45) is -1.66.